The molecule has 2 aromatic rings. The third-order valence-electron chi connectivity index (χ3n) is 4.17. The first-order valence-electron chi connectivity index (χ1n) is 7.21. The molecule has 1 aromatic heterocycles. The van der Waals surface area contributed by atoms with Crippen molar-refractivity contribution in [1.29, 1.82) is 0 Å². The molecule has 6 heteroatoms. The molecule has 0 spiro atoms. The zero-order valence-electron chi connectivity index (χ0n) is 11.6. The second-order valence-electron chi connectivity index (χ2n) is 5.63. The Morgan fingerprint density at radius 3 is 2.86 bits per heavy atom. The van der Waals surface area contributed by atoms with Crippen LogP contribution in [0.15, 0.2) is 18.5 Å². The molecule has 1 aliphatic carbocycles. The quantitative estimate of drug-likeness (QED) is 0.809. The Labute approximate surface area is 121 Å². The summed E-state index contributed by atoms with van der Waals surface area (Å²) < 4.78 is 13.6. The lowest BCUT2D eigenvalue weighted by Gasteiger charge is -2.28. The molecule has 1 aliphatic rings. The van der Waals surface area contributed by atoms with Crippen molar-refractivity contribution in [1.82, 2.24) is 15.3 Å². The molecule has 1 aromatic carbocycles. The summed E-state index contributed by atoms with van der Waals surface area (Å²) in [5.74, 6) is -0.412. The van der Waals surface area contributed by atoms with Crippen molar-refractivity contribution in [3.63, 3.8) is 0 Å². The summed E-state index contributed by atoms with van der Waals surface area (Å²) in [4.78, 5) is 19.2. The first kappa shape index (κ1) is 14.0. The van der Waals surface area contributed by atoms with E-state index in [1.165, 1.54) is 18.5 Å². The van der Waals surface area contributed by atoms with E-state index >= 15 is 0 Å². The number of rotatable bonds is 3. The first-order chi connectivity index (χ1) is 10.2. The first-order valence-corrected chi connectivity index (χ1v) is 7.21. The van der Waals surface area contributed by atoms with Crippen molar-refractivity contribution in [3.8, 4) is 0 Å². The minimum absolute atomic E-state index is 0.0811. The number of H-pyrrole nitrogens is 1. The van der Waals surface area contributed by atoms with Crippen LogP contribution < -0.4 is 5.32 Å². The Morgan fingerprint density at radius 1 is 1.38 bits per heavy atom. The summed E-state index contributed by atoms with van der Waals surface area (Å²) in [5.41, 5.74) is 1.26. The standard InChI is InChI=1S/C15H18FN3O2/c16-10-5-12(14-13(6-10)17-8-18-14)15(21)19-11-3-1-9(7-20)2-4-11/h5-6,8-9,11,20H,1-4,7H2,(H,17,18)(H,19,21). The molecule has 1 saturated carbocycles. The molecule has 1 amide bonds. The number of aromatic amines is 1. The maximum atomic E-state index is 13.6. The van der Waals surface area contributed by atoms with E-state index in [4.69, 9.17) is 5.11 Å². The Bertz CT molecular complexity index is 647. The van der Waals surface area contributed by atoms with Gasteiger partial charge in [-0.2, -0.15) is 0 Å². The van der Waals surface area contributed by atoms with E-state index in [9.17, 15) is 9.18 Å². The average Bonchev–Trinajstić information content (AvgIpc) is 2.95. The van der Waals surface area contributed by atoms with Gasteiger partial charge >= 0.3 is 0 Å². The number of amides is 1. The van der Waals surface area contributed by atoms with Gasteiger partial charge in [0.05, 0.1) is 17.4 Å². The normalized spacial score (nSPS) is 22.4. The number of carbonyl (C=O) groups is 1. The van der Waals surface area contributed by atoms with Crippen LogP contribution in [-0.4, -0.2) is 33.6 Å². The summed E-state index contributed by atoms with van der Waals surface area (Å²) in [7, 11) is 0. The van der Waals surface area contributed by atoms with Crippen LogP contribution in [-0.2, 0) is 0 Å². The van der Waals surface area contributed by atoms with Gasteiger partial charge in [-0.25, -0.2) is 9.37 Å². The van der Waals surface area contributed by atoms with E-state index in [0.717, 1.165) is 25.7 Å². The van der Waals surface area contributed by atoms with Crippen LogP contribution >= 0.6 is 0 Å². The number of carbonyl (C=O) groups excluding carboxylic acids is 1. The van der Waals surface area contributed by atoms with Gasteiger partial charge in [-0.05, 0) is 43.7 Å². The second kappa shape index (κ2) is 5.81. The molecule has 1 fully saturated rings. The van der Waals surface area contributed by atoms with Gasteiger partial charge in [-0.1, -0.05) is 0 Å². The highest BCUT2D eigenvalue weighted by Gasteiger charge is 2.23. The monoisotopic (exact) mass is 291 g/mol. The molecular weight excluding hydrogens is 273 g/mol. The summed E-state index contributed by atoms with van der Waals surface area (Å²) in [6, 6.07) is 2.63. The number of hydrogen-bond donors (Lipinski definition) is 3. The molecule has 0 saturated heterocycles. The van der Waals surface area contributed by atoms with Crippen molar-refractivity contribution in [2.45, 2.75) is 31.7 Å². The number of aromatic nitrogens is 2. The summed E-state index contributed by atoms with van der Waals surface area (Å²) in [6.07, 6.45) is 4.95. The average molecular weight is 291 g/mol. The zero-order chi connectivity index (χ0) is 14.8. The minimum Gasteiger partial charge on any atom is -0.396 e. The van der Waals surface area contributed by atoms with E-state index in [0.29, 0.717) is 17.0 Å². The van der Waals surface area contributed by atoms with Gasteiger partial charge in [0.2, 0.25) is 0 Å². The number of fused-ring (bicyclic) bond motifs is 1. The number of aliphatic hydroxyl groups excluding tert-OH is 1. The largest absolute Gasteiger partial charge is 0.396 e. The lowest BCUT2D eigenvalue weighted by atomic mass is 9.86. The number of nitrogens with one attached hydrogen (secondary N) is 2. The Morgan fingerprint density at radius 2 is 2.14 bits per heavy atom. The SMILES string of the molecule is O=C(NC1CCC(CO)CC1)c1cc(F)cc2[nH]cnc12. The molecule has 21 heavy (non-hydrogen) atoms. The maximum absolute atomic E-state index is 13.6. The molecule has 5 nitrogen and oxygen atoms in total. The van der Waals surface area contributed by atoms with Crippen LogP contribution in [0.1, 0.15) is 36.0 Å². The molecule has 0 radical (unpaired) electrons. The van der Waals surface area contributed by atoms with Gasteiger partial charge in [-0.3, -0.25) is 4.79 Å². The summed E-state index contributed by atoms with van der Waals surface area (Å²) in [5, 5.41) is 12.1. The van der Waals surface area contributed by atoms with Crippen molar-refractivity contribution in [3.05, 3.63) is 29.8 Å². The van der Waals surface area contributed by atoms with Crippen LogP contribution in [0.3, 0.4) is 0 Å². The summed E-state index contributed by atoms with van der Waals surface area (Å²) >= 11 is 0. The summed E-state index contributed by atoms with van der Waals surface area (Å²) in [6.45, 7) is 0.207. The fraction of sp³-hybridized carbons (Fsp3) is 0.467. The van der Waals surface area contributed by atoms with Crippen molar-refractivity contribution in [2.24, 2.45) is 5.92 Å². The Hall–Kier alpha value is -1.95. The zero-order valence-corrected chi connectivity index (χ0v) is 11.6. The van der Waals surface area contributed by atoms with Crippen molar-refractivity contribution in [2.75, 3.05) is 6.61 Å². The highest BCUT2D eigenvalue weighted by molar-refractivity contribution is 6.04. The smallest absolute Gasteiger partial charge is 0.253 e. The third-order valence-corrected chi connectivity index (χ3v) is 4.17. The Kier molecular flexibility index (Phi) is 3.88. The van der Waals surface area contributed by atoms with E-state index in [1.807, 2.05) is 0 Å². The predicted octanol–water partition coefficient (Wildman–Crippen LogP) is 1.98. The molecule has 0 bridgehead atoms. The molecule has 1 heterocycles. The van der Waals surface area contributed by atoms with Crippen LogP contribution in [0.2, 0.25) is 0 Å². The third kappa shape index (κ3) is 2.90. The lowest BCUT2D eigenvalue weighted by Crippen LogP contribution is -2.38. The fourth-order valence-corrected chi connectivity index (χ4v) is 2.94. The fourth-order valence-electron chi connectivity index (χ4n) is 2.94. The number of benzene rings is 1. The highest BCUT2D eigenvalue weighted by Crippen LogP contribution is 2.24. The predicted molar refractivity (Wildman–Crippen MR) is 76.3 cm³/mol. The van der Waals surface area contributed by atoms with Gasteiger partial charge in [0, 0.05) is 12.6 Å². The van der Waals surface area contributed by atoms with Gasteiger partial charge in [0.1, 0.15) is 11.3 Å². The molecule has 0 atom stereocenters. The van der Waals surface area contributed by atoms with Crippen molar-refractivity contribution < 1.29 is 14.3 Å². The number of halogens is 1. The maximum Gasteiger partial charge on any atom is 0.253 e. The van der Waals surface area contributed by atoms with Gasteiger partial charge in [-0.15, -0.1) is 0 Å². The van der Waals surface area contributed by atoms with Crippen LogP contribution in [0.25, 0.3) is 11.0 Å². The molecule has 3 N–H and O–H groups in total. The highest BCUT2D eigenvalue weighted by atomic mass is 19.1. The van der Waals surface area contributed by atoms with Crippen molar-refractivity contribution >= 4 is 16.9 Å². The lowest BCUT2D eigenvalue weighted by molar-refractivity contribution is 0.0915. The van der Waals surface area contributed by atoms with Crippen LogP contribution in [0.4, 0.5) is 4.39 Å². The number of aliphatic hydroxyl groups is 1. The van der Waals surface area contributed by atoms with E-state index in [-0.39, 0.29) is 24.1 Å². The van der Waals surface area contributed by atoms with Crippen LogP contribution in [0, 0.1) is 11.7 Å². The molecule has 3 rings (SSSR count). The van der Waals surface area contributed by atoms with Gasteiger partial charge in [0.15, 0.2) is 0 Å². The minimum atomic E-state index is -0.458. The number of hydrogen-bond acceptors (Lipinski definition) is 3. The number of nitrogens with zero attached hydrogens (tertiary/aromatic N) is 1. The van der Waals surface area contributed by atoms with Gasteiger partial charge < -0.3 is 15.4 Å². The molecule has 112 valence electrons. The second-order valence-corrected chi connectivity index (χ2v) is 5.63. The molecule has 0 unspecified atom stereocenters. The number of imidazole rings is 1. The van der Waals surface area contributed by atoms with Gasteiger partial charge in [0.25, 0.3) is 5.91 Å². The van der Waals surface area contributed by atoms with E-state index < -0.39 is 5.82 Å². The van der Waals surface area contributed by atoms with E-state index in [1.54, 1.807) is 0 Å². The topological polar surface area (TPSA) is 78.0 Å². The Balaban J connectivity index is 1.74. The molecular formula is C15H18FN3O2. The van der Waals surface area contributed by atoms with Crippen LogP contribution in [0.5, 0.6) is 0 Å². The van der Waals surface area contributed by atoms with E-state index in [2.05, 4.69) is 15.3 Å². The molecule has 0 aliphatic heterocycles.